The zero-order chi connectivity index (χ0) is 17.1. The van der Waals surface area contributed by atoms with E-state index in [2.05, 4.69) is 15.9 Å². The molecule has 0 saturated heterocycles. The average molecular weight is 386 g/mol. The largest absolute Gasteiger partial charge is 0.486 e. The lowest BCUT2D eigenvalue weighted by molar-refractivity contribution is 0.147. The molecule has 0 aliphatic carbocycles. The number of aromatic nitrogens is 1. The number of rotatable bonds is 4. The summed E-state index contributed by atoms with van der Waals surface area (Å²) in [5.74, 6) is 0.642. The SMILES string of the molecule is Cc1cc(COc2ccc(-c3ccccc3)cc2Br)n(O)c(=O)c1. The van der Waals surface area contributed by atoms with Gasteiger partial charge in [-0.25, -0.2) is 0 Å². The van der Waals surface area contributed by atoms with Crippen LogP contribution in [0.1, 0.15) is 11.3 Å². The van der Waals surface area contributed by atoms with E-state index in [0.29, 0.717) is 16.2 Å². The number of pyridine rings is 1. The molecular weight excluding hydrogens is 370 g/mol. The maximum atomic E-state index is 11.6. The van der Waals surface area contributed by atoms with Crippen molar-refractivity contribution in [1.82, 2.24) is 4.73 Å². The number of aryl methyl sites for hydroxylation is 1. The van der Waals surface area contributed by atoms with Crippen LogP contribution in [0.2, 0.25) is 0 Å². The second kappa shape index (κ2) is 6.93. The number of benzene rings is 2. The Labute approximate surface area is 148 Å². The molecule has 3 aromatic rings. The van der Waals surface area contributed by atoms with Gasteiger partial charge >= 0.3 is 0 Å². The van der Waals surface area contributed by atoms with E-state index < -0.39 is 5.56 Å². The minimum Gasteiger partial charge on any atom is -0.486 e. The lowest BCUT2D eigenvalue weighted by atomic mass is 10.1. The number of nitrogens with zero attached hydrogens (tertiary/aromatic N) is 1. The normalized spacial score (nSPS) is 10.6. The van der Waals surface area contributed by atoms with Crippen LogP contribution in [0, 0.1) is 6.92 Å². The quantitative estimate of drug-likeness (QED) is 0.677. The Morgan fingerprint density at radius 2 is 1.79 bits per heavy atom. The van der Waals surface area contributed by atoms with Crippen LogP contribution in [0.3, 0.4) is 0 Å². The van der Waals surface area contributed by atoms with Gasteiger partial charge in [0, 0.05) is 6.07 Å². The van der Waals surface area contributed by atoms with Gasteiger partial charge in [-0.05, 0) is 57.7 Å². The maximum Gasteiger partial charge on any atom is 0.283 e. The first-order chi connectivity index (χ1) is 11.5. The average Bonchev–Trinajstić information content (AvgIpc) is 2.58. The Kier molecular flexibility index (Phi) is 4.71. The highest BCUT2D eigenvalue weighted by Crippen LogP contribution is 2.31. The van der Waals surface area contributed by atoms with Crippen molar-refractivity contribution in [3.8, 4) is 16.9 Å². The summed E-state index contributed by atoms with van der Waals surface area (Å²) in [6.07, 6.45) is 0. The van der Waals surface area contributed by atoms with E-state index in [1.807, 2.05) is 48.5 Å². The fraction of sp³-hybridized carbons (Fsp3) is 0.105. The predicted molar refractivity (Wildman–Crippen MR) is 96.5 cm³/mol. The Morgan fingerprint density at radius 1 is 1.04 bits per heavy atom. The second-order valence-corrected chi connectivity index (χ2v) is 6.33. The summed E-state index contributed by atoms with van der Waals surface area (Å²) in [6.45, 7) is 1.90. The molecule has 0 radical (unpaired) electrons. The third-order valence-electron chi connectivity index (χ3n) is 3.64. The fourth-order valence-electron chi connectivity index (χ4n) is 2.45. The highest BCUT2D eigenvalue weighted by atomic mass is 79.9. The van der Waals surface area contributed by atoms with Crippen LogP contribution in [-0.4, -0.2) is 9.94 Å². The highest BCUT2D eigenvalue weighted by Gasteiger charge is 2.08. The first kappa shape index (κ1) is 16.3. The van der Waals surface area contributed by atoms with Crippen LogP contribution in [-0.2, 0) is 6.61 Å². The lowest BCUT2D eigenvalue weighted by Crippen LogP contribution is -2.21. The van der Waals surface area contributed by atoms with Gasteiger partial charge < -0.3 is 9.94 Å². The summed E-state index contributed by atoms with van der Waals surface area (Å²) in [5, 5.41) is 9.77. The molecule has 0 unspecified atom stereocenters. The van der Waals surface area contributed by atoms with Gasteiger partial charge in [0.05, 0.1) is 10.2 Å². The summed E-state index contributed by atoms with van der Waals surface area (Å²) in [7, 11) is 0. The predicted octanol–water partition coefficient (Wildman–Crippen LogP) is 4.40. The van der Waals surface area contributed by atoms with E-state index >= 15 is 0 Å². The van der Waals surface area contributed by atoms with Crippen LogP contribution >= 0.6 is 15.9 Å². The van der Waals surface area contributed by atoms with Crippen LogP contribution < -0.4 is 10.3 Å². The van der Waals surface area contributed by atoms with E-state index in [0.717, 1.165) is 21.2 Å². The van der Waals surface area contributed by atoms with Gasteiger partial charge in [-0.3, -0.25) is 4.79 Å². The van der Waals surface area contributed by atoms with Crippen LogP contribution in [0.25, 0.3) is 11.1 Å². The van der Waals surface area contributed by atoms with Crippen molar-refractivity contribution in [1.29, 1.82) is 0 Å². The van der Waals surface area contributed by atoms with Gasteiger partial charge in [-0.2, -0.15) is 0 Å². The van der Waals surface area contributed by atoms with Gasteiger partial charge in [0.15, 0.2) is 0 Å². The van der Waals surface area contributed by atoms with Crippen molar-refractivity contribution >= 4 is 15.9 Å². The Balaban J connectivity index is 1.81. The van der Waals surface area contributed by atoms with Gasteiger partial charge in [0.2, 0.25) is 0 Å². The molecule has 1 aromatic heterocycles. The van der Waals surface area contributed by atoms with Crippen LogP contribution in [0.15, 0.2) is 69.9 Å². The molecule has 3 rings (SSSR count). The van der Waals surface area contributed by atoms with E-state index in [1.54, 1.807) is 13.0 Å². The zero-order valence-corrected chi connectivity index (χ0v) is 14.7. The van der Waals surface area contributed by atoms with E-state index in [4.69, 9.17) is 4.74 Å². The van der Waals surface area contributed by atoms with Gasteiger partial charge in [0.25, 0.3) is 5.56 Å². The first-order valence-corrected chi connectivity index (χ1v) is 8.23. The van der Waals surface area contributed by atoms with E-state index in [-0.39, 0.29) is 6.61 Å². The fourth-order valence-corrected chi connectivity index (χ4v) is 2.94. The monoisotopic (exact) mass is 385 g/mol. The second-order valence-electron chi connectivity index (χ2n) is 5.47. The zero-order valence-electron chi connectivity index (χ0n) is 13.1. The van der Waals surface area contributed by atoms with Gasteiger partial charge in [-0.1, -0.05) is 36.4 Å². The molecule has 0 aliphatic heterocycles. The number of halogens is 1. The summed E-state index contributed by atoms with van der Waals surface area (Å²) >= 11 is 3.51. The van der Waals surface area contributed by atoms with Gasteiger partial charge in [0.1, 0.15) is 12.4 Å². The maximum absolute atomic E-state index is 11.6. The standard InChI is InChI=1S/C19H16BrNO3/c1-13-9-16(21(23)19(22)10-13)12-24-18-8-7-15(11-17(18)20)14-5-3-2-4-6-14/h2-11,23H,12H2,1H3. The molecule has 24 heavy (non-hydrogen) atoms. The molecule has 0 aliphatic rings. The molecule has 0 saturated carbocycles. The molecule has 5 heteroatoms. The summed E-state index contributed by atoms with van der Waals surface area (Å²) in [6, 6.07) is 18.9. The van der Waals surface area contributed by atoms with Crippen molar-refractivity contribution in [3.05, 3.63) is 86.7 Å². The Morgan fingerprint density at radius 3 is 2.50 bits per heavy atom. The summed E-state index contributed by atoms with van der Waals surface area (Å²) in [5.41, 5.74) is 2.91. The number of hydrogen-bond donors (Lipinski definition) is 1. The van der Waals surface area contributed by atoms with Crippen molar-refractivity contribution < 1.29 is 9.94 Å². The third kappa shape index (κ3) is 3.51. The molecule has 0 bridgehead atoms. The Bertz CT molecular complexity index is 920. The van der Waals surface area contributed by atoms with Crippen molar-refractivity contribution in [2.45, 2.75) is 13.5 Å². The molecule has 4 nitrogen and oxygen atoms in total. The molecule has 0 amide bonds. The minimum absolute atomic E-state index is 0.0940. The van der Waals surface area contributed by atoms with Crippen LogP contribution in [0.5, 0.6) is 5.75 Å². The van der Waals surface area contributed by atoms with Crippen LogP contribution in [0.4, 0.5) is 0 Å². The van der Waals surface area contributed by atoms with Crippen molar-refractivity contribution in [3.63, 3.8) is 0 Å². The topological polar surface area (TPSA) is 51.5 Å². The van der Waals surface area contributed by atoms with Crippen molar-refractivity contribution in [2.24, 2.45) is 0 Å². The highest BCUT2D eigenvalue weighted by molar-refractivity contribution is 9.10. The summed E-state index contributed by atoms with van der Waals surface area (Å²) in [4.78, 5) is 11.6. The molecule has 0 atom stereocenters. The first-order valence-electron chi connectivity index (χ1n) is 7.44. The minimum atomic E-state index is -0.466. The van der Waals surface area contributed by atoms with Crippen molar-refractivity contribution in [2.75, 3.05) is 0 Å². The van der Waals surface area contributed by atoms with Gasteiger partial charge in [-0.15, -0.1) is 4.73 Å². The molecule has 0 spiro atoms. The molecule has 1 N–H and O–H groups in total. The lowest BCUT2D eigenvalue weighted by Gasteiger charge is -2.12. The number of hydrogen-bond acceptors (Lipinski definition) is 3. The summed E-state index contributed by atoms with van der Waals surface area (Å²) < 4.78 is 7.16. The molecule has 1 heterocycles. The molecule has 0 fully saturated rings. The molecule has 2 aromatic carbocycles. The van der Waals surface area contributed by atoms with E-state index in [9.17, 15) is 10.0 Å². The Hall–Kier alpha value is -2.53. The third-order valence-corrected chi connectivity index (χ3v) is 4.26. The number of ether oxygens (including phenoxy) is 1. The van der Waals surface area contributed by atoms with E-state index in [1.165, 1.54) is 6.07 Å². The molecule has 122 valence electrons. The smallest absolute Gasteiger partial charge is 0.283 e. The molecular formula is C19H16BrNO3.